The van der Waals surface area contributed by atoms with E-state index >= 15 is 0 Å². The number of fused-ring (bicyclic) bond motifs is 1. The predicted molar refractivity (Wildman–Crippen MR) is 42.3 cm³/mol. The first-order valence-electron chi connectivity index (χ1n) is 3.21. The molecule has 2 rings (SSSR count). The van der Waals surface area contributed by atoms with E-state index in [1.807, 2.05) is 0 Å². The highest BCUT2D eigenvalue weighted by Gasteiger charge is 2.52. The van der Waals surface area contributed by atoms with Gasteiger partial charge >= 0.3 is 0 Å². The van der Waals surface area contributed by atoms with Gasteiger partial charge in [0.1, 0.15) is 0 Å². The average molecular weight is 223 g/mol. The maximum Gasteiger partial charge on any atom is 0.0278 e. The summed E-state index contributed by atoms with van der Waals surface area (Å²) < 4.78 is 0.753. The normalized spacial score (nSPS) is 52.9. The van der Waals surface area contributed by atoms with Crippen molar-refractivity contribution in [1.29, 1.82) is 0 Å². The van der Waals surface area contributed by atoms with Crippen LogP contribution in [0.25, 0.3) is 0 Å². The van der Waals surface area contributed by atoms with E-state index in [1.54, 1.807) is 0 Å². The third-order valence-electron chi connectivity index (χ3n) is 2.27. The number of hydrogen-bond donors (Lipinski definition) is 1. The number of alkyl halides is 1. The minimum atomic E-state index is 0.753. The number of rotatable bonds is 0. The maximum atomic E-state index is 3.40. The topological polar surface area (TPSA) is 12.0 Å². The van der Waals surface area contributed by atoms with Crippen molar-refractivity contribution in [2.24, 2.45) is 5.92 Å². The summed E-state index contributed by atoms with van der Waals surface area (Å²) in [6, 6.07) is 0. The molecule has 0 aromatic carbocycles. The minimum Gasteiger partial charge on any atom is -0.316 e. The highest BCUT2D eigenvalue weighted by Crippen LogP contribution is 2.54. The predicted octanol–water partition coefficient (Wildman–Crippen LogP) is 1.17. The van der Waals surface area contributed by atoms with Crippen LogP contribution in [0, 0.1) is 5.92 Å². The van der Waals surface area contributed by atoms with Gasteiger partial charge in [0, 0.05) is 3.42 Å². The Balaban J connectivity index is 2.04. The summed E-state index contributed by atoms with van der Waals surface area (Å²) in [7, 11) is 0. The average Bonchev–Trinajstić information content (AvgIpc) is 2.39. The number of halogens is 1. The fraction of sp³-hybridized carbons (Fsp3) is 1.00. The zero-order valence-electron chi connectivity index (χ0n) is 4.78. The van der Waals surface area contributed by atoms with Gasteiger partial charge in [-0.3, -0.25) is 0 Å². The lowest BCUT2D eigenvalue weighted by molar-refractivity contribution is 0.531. The van der Waals surface area contributed by atoms with Gasteiger partial charge in [-0.05, 0) is 31.8 Å². The second-order valence-corrected chi connectivity index (χ2v) is 5.04. The molecule has 2 unspecified atom stereocenters. The largest absolute Gasteiger partial charge is 0.316 e. The van der Waals surface area contributed by atoms with Gasteiger partial charge in [-0.25, -0.2) is 0 Å². The molecule has 0 amide bonds. The molecule has 0 aromatic heterocycles. The van der Waals surface area contributed by atoms with Crippen LogP contribution in [-0.4, -0.2) is 16.5 Å². The lowest BCUT2D eigenvalue weighted by Crippen LogP contribution is -2.29. The molecule has 0 spiro atoms. The van der Waals surface area contributed by atoms with E-state index in [0.717, 1.165) is 9.34 Å². The summed E-state index contributed by atoms with van der Waals surface area (Å²) in [6.45, 7) is 2.53. The molecule has 1 saturated carbocycles. The Morgan fingerprint density at radius 1 is 1.62 bits per heavy atom. The molecule has 0 aromatic rings. The monoisotopic (exact) mass is 223 g/mol. The van der Waals surface area contributed by atoms with Crippen LogP contribution in [-0.2, 0) is 0 Å². The van der Waals surface area contributed by atoms with Crippen molar-refractivity contribution < 1.29 is 0 Å². The van der Waals surface area contributed by atoms with Gasteiger partial charge in [-0.2, -0.15) is 0 Å². The summed E-state index contributed by atoms with van der Waals surface area (Å²) in [4.78, 5) is 0. The molecule has 1 aliphatic carbocycles. The minimum absolute atomic E-state index is 0.753. The van der Waals surface area contributed by atoms with Gasteiger partial charge in [0.2, 0.25) is 0 Å². The molecule has 2 aliphatic rings. The van der Waals surface area contributed by atoms with E-state index in [2.05, 4.69) is 27.9 Å². The summed E-state index contributed by atoms with van der Waals surface area (Å²) in [6.07, 6.45) is 2.87. The zero-order valence-corrected chi connectivity index (χ0v) is 6.94. The Hall–Kier alpha value is 0.690. The molecule has 2 fully saturated rings. The number of piperidine rings is 1. The smallest absolute Gasteiger partial charge is 0.0278 e. The molecule has 46 valence electrons. The van der Waals surface area contributed by atoms with Gasteiger partial charge in [0.15, 0.2) is 0 Å². The molecular formula is C6H10IN. The first-order chi connectivity index (χ1) is 3.81. The molecule has 1 aliphatic heterocycles. The van der Waals surface area contributed by atoms with Crippen molar-refractivity contribution >= 4 is 22.6 Å². The first-order valence-corrected chi connectivity index (χ1v) is 4.29. The highest BCUT2D eigenvalue weighted by atomic mass is 127. The van der Waals surface area contributed by atoms with Crippen LogP contribution < -0.4 is 5.32 Å². The van der Waals surface area contributed by atoms with Crippen molar-refractivity contribution in [3.05, 3.63) is 0 Å². The molecule has 2 atom stereocenters. The summed E-state index contributed by atoms with van der Waals surface area (Å²) >= 11 is 2.62. The zero-order chi connectivity index (χ0) is 5.61. The van der Waals surface area contributed by atoms with Crippen LogP contribution in [0.3, 0.4) is 0 Å². The van der Waals surface area contributed by atoms with E-state index < -0.39 is 0 Å². The van der Waals surface area contributed by atoms with E-state index in [4.69, 9.17) is 0 Å². The Kier molecular flexibility index (Phi) is 1.09. The summed E-state index contributed by atoms with van der Waals surface area (Å²) in [5.41, 5.74) is 0. The highest BCUT2D eigenvalue weighted by molar-refractivity contribution is 14.1. The fourth-order valence-electron chi connectivity index (χ4n) is 1.48. The lowest BCUT2D eigenvalue weighted by Gasteiger charge is -2.15. The summed E-state index contributed by atoms with van der Waals surface area (Å²) in [5.74, 6) is 1.02. The Labute approximate surface area is 63.4 Å². The van der Waals surface area contributed by atoms with Crippen molar-refractivity contribution in [3.8, 4) is 0 Å². The molecule has 8 heavy (non-hydrogen) atoms. The molecule has 2 heteroatoms. The molecule has 1 saturated heterocycles. The van der Waals surface area contributed by atoms with Crippen LogP contribution >= 0.6 is 22.6 Å². The second kappa shape index (κ2) is 1.59. The van der Waals surface area contributed by atoms with E-state index in [9.17, 15) is 0 Å². The third-order valence-corrected chi connectivity index (χ3v) is 4.13. The molecule has 1 N–H and O–H groups in total. The summed E-state index contributed by atoms with van der Waals surface area (Å²) in [5, 5.41) is 3.40. The van der Waals surface area contributed by atoms with E-state index in [1.165, 1.54) is 25.9 Å². The van der Waals surface area contributed by atoms with Gasteiger partial charge < -0.3 is 5.32 Å². The van der Waals surface area contributed by atoms with Gasteiger partial charge in [0.05, 0.1) is 0 Å². The quantitative estimate of drug-likeness (QED) is 0.480. The van der Waals surface area contributed by atoms with Crippen molar-refractivity contribution in [2.75, 3.05) is 13.1 Å². The standard InChI is InChI=1S/C6H10IN/c7-6-1-2-8-4-5(6)3-6/h5,8H,1-4H2. The van der Waals surface area contributed by atoms with Crippen LogP contribution in [0.2, 0.25) is 0 Å². The Bertz CT molecular complexity index is 113. The van der Waals surface area contributed by atoms with Crippen LogP contribution in [0.15, 0.2) is 0 Å². The van der Waals surface area contributed by atoms with Gasteiger partial charge in [-0.1, -0.05) is 22.6 Å². The molecule has 1 heterocycles. The Morgan fingerprint density at radius 3 is 3.00 bits per heavy atom. The third kappa shape index (κ3) is 0.692. The van der Waals surface area contributed by atoms with Crippen molar-refractivity contribution in [3.63, 3.8) is 0 Å². The van der Waals surface area contributed by atoms with Crippen LogP contribution in [0.1, 0.15) is 12.8 Å². The molecule has 0 bridgehead atoms. The fourth-order valence-corrected chi connectivity index (χ4v) is 2.51. The molecule has 1 nitrogen and oxygen atoms in total. The van der Waals surface area contributed by atoms with Crippen molar-refractivity contribution in [1.82, 2.24) is 5.32 Å². The first kappa shape index (κ1) is 5.47. The maximum absolute atomic E-state index is 3.40. The van der Waals surface area contributed by atoms with Gasteiger partial charge in [0.25, 0.3) is 0 Å². The molecule has 0 radical (unpaired) electrons. The SMILES string of the molecule is IC12CCNCC1C2. The van der Waals surface area contributed by atoms with Crippen LogP contribution in [0.4, 0.5) is 0 Å². The number of hydrogen-bond acceptors (Lipinski definition) is 1. The van der Waals surface area contributed by atoms with Crippen LogP contribution in [0.5, 0.6) is 0 Å². The Morgan fingerprint density at radius 2 is 2.50 bits per heavy atom. The second-order valence-electron chi connectivity index (χ2n) is 2.89. The molecular weight excluding hydrogens is 213 g/mol. The van der Waals surface area contributed by atoms with E-state index in [-0.39, 0.29) is 0 Å². The number of nitrogens with one attached hydrogen (secondary N) is 1. The lowest BCUT2D eigenvalue weighted by atomic mass is 10.2. The van der Waals surface area contributed by atoms with E-state index in [0.29, 0.717) is 0 Å². The van der Waals surface area contributed by atoms with Crippen molar-refractivity contribution in [2.45, 2.75) is 16.3 Å². The van der Waals surface area contributed by atoms with Gasteiger partial charge in [-0.15, -0.1) is 0 Å².